The lowest BCUT2D eigenvalue weighted by Crippen LogP contribution is -2.21. The average molecular weight is 547 g/mol. The molecule has 0 bridgehead atoms. The summed E-state index contributed by atoms with van der Waals surface area (Å²) in [7, 11) is -3.10. The molecule has 3 rings (SSSR count). The number of aromatic nitrogens is 2. The smallest absolute Gasteiger partial charge is 0.435 e. The Morgan fingerprint density at radius 2 is 1.88 bits per heavy atom. The first-order valence-electron chi connectivity index (χ1n) is 9.00. The summed E-state index contributed by atoms with van der Waals surface area (Å²) in [4.78, 5) is 13.1. The van der Waals surface area contributed by atoms with Crippen molar-refractivity contribution in [2.24, 2.45) is 0 Å². The van der Waals surface area contributed by atoms with Gasteiger partial charge in [0.05, 0.1) is 14.2 Å². The normalized spacial score (nSPS) is 13.3. The van der Waals surface area contributed by atoms with E-state index in [1.165, 1.54) is 42.7 Å². The number of nitrogens with zero attached hydrogens (tertiary/aromatic N) is 2. The minimum atomic E-state index is -4.89. The SMILES string of the molecule is Cc1c(C(F)(F)F)nnc(Oc2ccc(F)c(Br)c2)c1C(=O)Nc1cccc(S(C)(=N)=O)c1. The zero-order valence-corrected chi connectivity index (χ0v) is 19.4. The molecule has 0 saturated heterocycles. The number of hydrogen-bond acceptors (Lipinski definition) is 6. The summed E-state index contributed by atoms with van der Waals surface area (Å²) in [5.41, 5.74) is -2.37. The molecule has 1 heterocycles. The molecule has 2 aromatic carbocycles. The van der Waals surface area contributed by atoms with Crippen molar-refractivity contribution in [2.45, 2.75) is 18.0 Å². The molecule has 3 aromatic rings. The second kappa shape index (κ2) is 9.06. The van der Waals surface area contributed by atoms with Gasteiger partial charge in [0.2, 0.25) is 0 Å². The summed E-state index contributed by atoms with van der Waals surface area (Å²) in [6.45, 7) is 1.04. The Hall–Kier alpha value is -3.06. The Kier molecular flexibility index (Phi) is 6.75. The predicted molar refractivity (Wildman–Crippen MR) is 115 cm³/mol. The van der Waals surface area contributed by atoms with Crippen molar-refractivity contribution >= 4 is 37.3 Å². The second-order valence-electron chi connectivity index (χ2n) is 6.86. The van der Waals surface area contributed by atoms with Crippen LogP contribution in [0.15, 0.2) is 51.8 Å². The Bertz CT molecular complexity index is 1350. The number of ether oxygens (including phenoxy) is 1. The van der Waals surface area contributed by atoms with Gasteiger partial charge in [0, 0.05) is 16.8 Å². The molecule has 0 radical (unpaired) electrons. The molecule has 0 fully saturated rings. The first-order valence-corrected chi connectivity index (χ1v) is 11.8. The van der Waals surface area contributed by atoms with Crippen LogP contribution >= 0.6 is 15.9 Å². The average Bonchev–Trinajstić information content (AvgIpc) is 2.69. The van der Waals surface area contributed by atoms with Gasteiger partial charge in [-0.1, -0.05) is 6.07 Å². The van der Waals surface area contributed by atoms with Crippen molar-refractivity contribution in [1.29, 1.82) is 4.78 Å². The second-order valence-corrected chi connectivity index (χ2v) is 9.87. The third-order valence-electron chi connectivity index (χ3n) is 4.33. The molecule has 0 aliphatic heterocycles. The summed E-state index contributed by atoms with van der Waals surface area (Å²) >= 11 is 2.97. The molecule has 1 aromatic heterocycles. The van der Waals surface area contributed by atoms with E-state index in [1.54, 1.807) is 0 Å². The van der Waals surface area contributed by atoms with Gasteiger partial charge in [0.1, 0.15) is 17.1 Å². The van der Waals surface area contributed by atoms with E-state index in [1.807, 2.05) is 0 Å². The van der Waals surface area contributed by atoms with Crippen LogP contribution in [0.4, 0.5) is 23.2 Å². The fraction of sp³-hybridized carbons (Fsp3) is 0.150. The minimum absolute atomic E-state index is 0.00675. The van der Waals surface area contributed by atoms with Crippen LogP contribution in [-0.2, 0) is 15.9 Å². The molecule has 0 aliphatic carbocycles. The molecule has 174 valence electrons. The maximum atomic E-state index is 13.5. The Morgan fingerprint density at radius 1 is 1.18 bits per heavy atom. The molecule has 1 amide bonds. The third kappa shape index (κ3) is 5.66. The number of alkyl halides is 3. The summed E-state index contributed by atoms with van der Waals surface area (Å²) in [6, 6.07) is 9.02. The Morgan fingerprint density at radius 3 is 2.48 bits per heavy atom. The van der Waals surface area contributed by atoms with E-state index in [9.17, 15) is 26.6 Å². The standard InChI is InChI=1S/C20H15BrF4N4O3S/c1-10-16(18(30)27-11-4-3-5-13(8-11)33(2,26)31)19(29-28-17(10)20(23,24)25)32-12-6-7-15(22)14(21)9-12/h3-9,26H,1-2H3,(H,27,30). The van der Waals surface area contributed by atoms with Crippen LogP contribution in [0.1, 0.15) is 21.6 Å². The maximum absolute atomic E-state index is 13.5. The highest BCUT2D eigenvalue weighted by molar-refractivity contribution is 9.10. The summed E-state index contributed by atoms with van der Waals surface area (Å²) in [5, 5.41) is 8.99. The quantitative estimate of drug-likeness (QED) is 0.394. The fourth-order valence-electron chi connectivity index (χ4n) is 2.77. The lowest BCUT2D eigenvalue weighted by Gasteiger charge is -2.16. The van der Waals surface area contributed by atoms with Crippen molar-refractivity contribution in [1.82, 2.24) is 10.2 Å². The van der Waals surface area contributed by atoms with Crippen LogP contribution in [0.3, 0.4) is 0 Å². The van der Waals surface area contributed by atoms with Crippen LogP contribution in [-0.4, -0.2) is 26.6 Å². The van der Waals surface area contributed by atoms with Crippen LogP contribution in [0.25, 0.3) is 0 Å². The number of carbonyl (C=O) groups excluding carboxylic acids is 1. The van der Waals surface area contributed by atoms with E-state index in [2.05, 4.69) is 31.4 Å². The zero-order valence-electron chi connectivity index (χ0n) is 17.0. The van der Waals surface area contributed by atoms with E-state index >= 15 is 0 Å². The van der Waals surface area contributed by atoms with Crippen LogP contribution < -0.4 is 10.1 Å². The molecule has 2 N–H and O–H groups in total. The van der Waals surface area contributed by atoms with Gasteiger partial charge in [-0.15, -0.1) is 10.2 Å². The van der Waals surface area contributed by atoms with Crippen LogP contribution in [0.5, 0.6) is 11.6 Å². The highest BCUT2D eigenvalue weighted by atomic mass is 79.9. The first-order chi connectivity index (χ1) is 15.3. The van der Waals surface area contributed by atoms with Gasteiger partial charge < -0.3 is 10.1 Å². The van der Waals surface area contributed by atoms with Crippen LogP contribution in [0.2, 0.25) is 0 Å². The van der Waals surface area contributed by atoms with Crippen molar-refractivity contribution in [3.8, 4) is 11.6 Å². The predicted octanol–water partition coefficient (Wildman–Crippen LogP) is 5.79. The Balaban J connectivity index is 2.07. The third-order valence-corrected chi connectivity index (χ3v) is 6.09. The fourth-order valence-corrected chi connectivity index (χ4v) is 3.82. The molecule has 13 heteroatoms. The summed E-state index contributed by atoms with van der Waals surface area (Å²) in [5.74, 6) is -2.15. The van der Waals surface area contributed by atoms with Gasteiger partial charge >= 0.3 is 6.18 Å². The van der Waals surface area contributed by atoms with Gasteiger partial charge in [-0.3, -0.25) is 4.79 Å². The topological polar surface area (TPSA) is 105 Å². The summed E-state index contributed by atoms with van der Waals surface area (Å²) in [6.07, 6.45) is -3.70. The number of rotatable bonds is 5. The largest absolute Gasteiger partial charge is 0.437 e. The maximum Gasteiger partial charge on any atom is 0.435 e. The molecular formula is C20H15BrF4N4O3S. The number of nitrogens with one attached hydrogen (secondary N) is 2. The first kappa shape index (κ1) is 24.6. The number of carbonyl (C=O) groups is 1. The van der Waals surface area contributed by atoms with Crippen molar-refractivity contribution in [3.63, 3.8) is 0 Å². The minimum Gasteiger partial charge on any atom is -0.437 e. The van der Waals surface area contributed by atoms with Gasteiger partial charge in [-0.25, -0.2) is 13.4 Å². The molecule has 33 heavy (non-hydrogen) atoms. The van der Waals surface area contributed by atoms with Gasteiger partial charge in [0.25, 0.3) is 11.8 Å². The number of amides is 1. The lowest BCUT2D eigenvalue weighted by atomic mass is 10.1. The van der Waals surface area contributed by atoms with E-state index in [0.717, 1.165) is 13.0 Å². The van der Waals surface area contributed by atoms with E-state index in [4.69, 9.17) is 9.52 Å². The number of hydrogen-bond donors (Lipinski definition) is 2. The molecular weight excluding hydrogens is 532 g/mol. The van der Waals surface area contributed by atoms with Crippen LogP contribution in [0, 0.1) is 17.5 Å². The highest BCUT2D eigenvalue weighted by Crippen LogP contribution is 2.35. The number of benzene rings is 2. The molecule has 0 aliphatic rings. The highest BCUT2D eigenvalue weighted by Gasteiger charge is 2.38. The van der Waals surface area contributed by atoms with Gasteiger partial charge in [0.15, 0.2) is 5.69 Å². The van der Waals surface area contributed by atoms with Crippen molar-refractivity contribution in [2.75, 3.05) is 11.6 Å². The van der Waals surface area contributed by atoms with E-state index in [-0.39, 0.29) is 20.8 Å². The Labute approximate surface area is 194 Å². The van der Waals surface area contributed by atoms with Crippen molar-refractivity contribution < 1.29 is 31.3 Å². The van der Waals surface area contributed by atoms with E-state index < -0.39 is 50.3 Å². The molecule has 0 spiro atoms. The summed E-state index contributed by atoms with van der Waals surface area (Å²) < 4.78 is 78.8. The monoisotopic (exact) mass is 546 g/mol. The van der Waals surface area contributed by atoms with Crippen molar-refractivity contribution in [3.05, 3.63) is 69.6 Å². The number of anilines is 1. The number of halogens is 5. The van der Waals surface area contributed by atoms with Gasteiger partial charge in [-0.05, 0) is 64.8 Å². The molecule has 1 atom stereocenters. The van der Waals surface area contributed by atoms with Gasteiger partial charge in [-0.2, -0.15) is 13.2 Å². The lowest BCUT2D eigenvalue weighted by molar-refractivity contribution is -0.142. The van der Waals surface area contributed by atoms with E-state index in [0.29, 0.717) is 0 Å². The molecule has 1 unspecified atom stereocenters. The zero-order chi connectivity index (χ0) is 24.6. The molecule has 7 nitrogen and oxygen atoms in total. The molecule has 0 saturated carbocycles.